The topological polar surface area (TPSA) is 131 Å². The van der Waals surface area contributed by atoms with Crippen molar-refractivity contribution in [3.05, 3.63) is 62.5 Å². The average Bonchev–Trinajstić information content (AvgIpc) is 3.76. The predicted molar refractivity (Wildman–Crippen MR) is 166 cm³/mol. The molecule has 2 N–H and O–H groups in total. The van der Waals surface area contributed by atoms with Gasteiger partial charge in [-0.1, -0.05) is 17.7 Å². The van der Waals surface area contributed by atoms with Crippen molar-refractivity contribution in [1.82, 2.24) is 29.9 Å². The van der Waals surface area contributed by atoms with Crippen LogP contribution in [0, 0.1) is 5.82 Å². The van der Waals surface area contributed by atoms with Crippen molar-refractivity contribution in [2.24, 2.45) is 4.99 Å². The molecule has 0 radical (unpaired) electrons. The second-order valence-electron chi connectivity index (χ2n) is 11.9. The number of esters is 1. The third-order valence-electron chi connectivity index (χ3n) is 8.98. The van der Waals surface area contributed by atoms with Crippen molar-refractivity contribution in [3.63, 3.8) is 0 Å². The van der Waals surface area contributed by atoms with Crippen molar-refractivity contribution in [2.75, 3.05) is 46.4 Å². The molecule has 2 amide bonds. The van der Waals surface area contributed by atoms with Crippen LogP contribution in [0.15, 0.2) is 46.0 Å². The highest BCUT2D eigenvalue weighted by Crippen LogP contribution is 2.37. The van der Waals surface area contributed by atoms with E-state index in [1.54, 1.807) is 6.20 Å². The van der Waals surface area contributed by atoms with Gasteiger partial charge in [-0.3, -0.25) is 19.6 Å². The van der Waals surface area contributed by atoms with Crippen LogP contribution in [0.2, 0.25) is 5.02 Å². The molecule has 4 atom stereocenters. The number of aliphatic imine (C=N–C) groups is 1. The zero-order chi connectivity index (χ0) is 32.0. The largest absolute Gasteiger partial charge is 0.480 e. The van der Waals surface area contributed by atoms with E-state index in [2.05, 4.69) is 15.2 Å². The number of methoxy groups -OCH3 is 1. The molecule has 0 bridgehead atoms. The normalized spacial score (nSPS) is 25.9. The Morgan fingerprint density at radius 1 is 1.20 bits per heavy atom. The average molecular weight is 660 g/mol. The number of carbonyl (C=O) groups excluding carboxylic acids is 2. The van der Waals surface area contributed by atoms with E-state index in [-0.39, 0.29) is 34.8 Å². The van der Waals surface area contributed by atoms with E-state index in [4.69, 9.17) is 21.3 Å². The second-order valence-corrected chi connectivity index (χ2v) is 13.2. The zero-order valence-corrected chi connectivity index (χ0v) is 26.7. The number of fused-ring (bicyclic) bond motifs is 1. The van der Waals surface area contributed by atoms with Crippen LogP contribution >= 0.6 is 22.9 Å². The molecular formula is C30H35ClFN7O5S. The number of thiazole rings is 1. The summed E-state index contributed by atoms with van der Waals surface area (Å²) in [6.45, 7) is 6.89. The number of carboxylic acids is 1. The highest BCUT2D eigenvalue weighted by Gasteiger charge is 2.48. The van der Waals surface area contributed by atoms with Crippen molar-refractivity contribution in [3.8, 4) is 0 Å². The summed E-state index contributed by atoms with van der Waals surface area (Å²) in [5, 5.41) is 15.7. The number of carbonyl (C=O) groups is 3. The molecule has 0 aliphatic carbocycles. The number of aromatic nitrogens is 1. The van der Waals surface area contributed by atoms with E-state index in [9.17, 15) is 23.9 Å². The first-order valence-corrected chi connectivity index (χ1v) is 16.1. The minimum atomic E-state index is -0.864. The molecule has 15 heteroatoms. The monoisotopic (exact) mass is 659 g/mol. The van der Waals surface area contributed by atoms with Gasteiger partial charge >= 0.3 is 18.0 Å². The number of carboxylic acid groups (broad SMARTS) is 1. The Balaban J connectivity index is 1.25. The fourth-order valence-electron chi connectivity index (χ4n) is 6.82. The number of likely N-dealkylation sites (tertiary alicyclic amines) is 1. The fraction of sp³-hybridized carbons (Fsp3) is 0.500. The summed E-state index contributed by atoms with van der Waals surface area (Å²) in [5.41, 5.74) is 1.28. The lowest BCUT2D eigenvalue weighted by atomic mass is 9.95. The number of nitrogens with one attached hydrogen (secondary N) is 1. The summed E-state index contributed by atoms with van der Waals surface area (Å²) in [4.78, 5) is 55.8. The van der Waals surface area contributed by atoms with Gasteiger partial charge in [0.2, 0.25) is 0 Å². The van der Waals surface area contributed by atoms with Gasteiger partial charge in [-0.05, 0) is 32.4 Å². The van der Waals surface area contributed by atoms with Crippen LogP contribution in [0.1, 0.15) is 36.9 Å². The number of benzene rings is 1. The Kier molecular flexibility index (Phi) is 8.83. The van der Waals surface area contributed by atoms with Crippen molar-refractivity contribution in [1.29, 1.82) is 0 Å². The third kappa shape index (κ3) is 6.03. The number of urea groups is 1. The first-order valence-electron chi connectivity index (χ1n) is 14.8. The lowest BCUT2D eigenvalue weighted by Gasteiger charge is -2.38. The summed E-state index contributed by atoms with van der Waals surface area (Å²) < 4.78 is 19.2. The maximum Gasteiger partial charge on any atom is 0.338 e. The van der Waals surface area contributed by atoms with Crippen molar-refractivity contribution in [2.45, 2.75) is 50.5 Å². The Hall–Kier alpha value is -3.59. The smallest absolute Gasteiger partial charge is 0.338 e. The molecule has 1 aromatic heterocycles. The molecule has 4 aliphatic rings. The van der Waals surface area contributed by atoms with E-state index < -0.39 is 29.8 Å². The molecule has 4 aliphatic heterocycles. The molecule has 3 saturated heterocycles. The number of nitrogens with zero attached hydrogens (tertiary/aromatic N) is 6. The van der Waals surface area contributed by atoms with Gasteiger partial charge in [-0.2, -0.15) is 0 Å². The minimum absolute atomic E-state index is 0.0542. The third-order valence-corrected chi connectivity index (χ3v) is 10.1. The van der Waals surface area contributed by atoms with E-state index in [0.717, 1.165) is 0 Å². The zero-order valence-electron chi connectivity index (χ0n) is 25.2. The number of amidine groups is 1. The number of hydrogen-bond donors (Lipinski definition) is 2. The van der Waals surface area contributed by atoms with E-state index in [1.807, 2.05) is 33.9 Å². The maximum atomic E-state index is 14.0. The Bertz CT molecular complexity index is 1550. The Morgan fingerprint density at radius 2 is 2.00 bits per heavy atom. The molecule has 2 aromatic rings. The summed E-state index contributed by atoms with van der Waals surface area (Å²) in [6, 6.07) is 2.24. The molecular weight excluding hydrogens is 625 g/mol. The van der Waals surface area contributed by atoms with Crippen LogP contribution in [-0.2, 0) is 14.3 Å². The van der Waals surface area contributed by atoms with Crippen LogP contribution in [0.4, 0.5) is 9.18 Å². The highest BCUT2D eigenvalue weighted by molar-refractivity contribution is 7.11. The van der Waals surface area contributed by atoms with Crippen LogP contribution < -0.4 is 5.32 Å². The van der Waals surface area contributed by atoms with Crippen LogP contribution in [0.5, 0.6) is 0 Å². The molecule has 5 heterocycles. The minimum Gasteiger partial charge on any atom is -0.480 e. The molecule has 1 aromatic carbocycles. The SMILES string of the molecule is COC(=O)C1=C(CN2CCN3C(=O)N([C@H]4C[C@@H](C(=O)O)N(C(C)C)C4)C[C@@H]3C2)NC(c2nccs2)=N[C@H]1c1ccc(F)cc1Cl. The van der Waals surface area contributed by atoms with E-state index >= 15 is 0 Å². The van der Waals surface area contributed by atoms with Crippen LogP contribution in [0.25, 0.3) is 0 Å². The molecule has 0 unspecified atom stereocenters. The predicted octanol–water partition coefficient (Wildman–Crippen LogP) is 2.81. The Morgan fingerprint density at radius 3 is 2.64 bits per heavy atom. The number of hydrogen-bond acceptors (Lipinski definition) is 10. The quantitative estimate of drug-likeness (QED) is 0.411. The molecule has 12 nitrogen and oxygen atoms in total. The molecule has 6 rings (SSSR count). The summed E-state index contributed by atoms with van der Waals surface area (Å²) >= 11 is 7.86. The van der Waals surface area contributed by atoms with Crippen molar-refractivity contribution >= 4 is 46.7 Å². The number of halogens is 2. The first kappa shape index (κ1) is 31.4. The fourth-order valence-corrected chi connectivity index (χ4v) is 7.67. The van der Waals surface area contributed by atoms with Crippen LogP contribution in [0.3, 0.4) is 0 Å². The lowest BCUT2D eigenvalue weighted by Crippen LogP contribution is -2.53. The molecule has 240 valence electrons. The number of amides is 2. The molecule has 3 fully saturated rings. The lowest BCUT2D eigenvalue weighted by molar-refractivity contribution is -0.142. The van der Waals surface area contributed by atoms with Gasteiger partial charge in [-0.25, -0.2) is 19.0 Å². The second kappa shape index (κ2) is 12.7. The molecule has 0 spiro atoms. The summed E-state index contributed by atoms with van der Waals surface area (Å²) in [5.74, 6) is -1.49. The number of rotatable bonds is 8. The number of aliphatic carboxylic acids is 1. The van der Waals surface area contributed by atoms with Gasteiger partial charge in [0.05, 0.1) is 18.7 Å². The van der Waals surface area contributed by atoms with Gasteiger partial charge in [0.1, 0.15) is 17.9 Å². The number of ether oxygens (including phenoxy) is 1. The number of piperazine rings is 1. The van der Waals surface area contributed by atoms with Crippen LogP contribution in [-0.4, -0.2) is 124 Å². The van der Waals surface area contributed by atoms with Gasteiger partial charge < -0.3 is 25.0 Å². The Labute approximate surface area is 269 Å². The molecule has 0 saturated carbocycles. The van der Waals surface area contributed by atoms with E-state index in [0.29, 0.717) is 67.8 Å². The highest BCUT2D eigenvalue weighted by atomic mass is 35.5. The van der Waals surface area contributed by atoms with Gasteiger partial charge in [0.15, 0.2) is 10.8 Å². The van der Waals surface area contributed by atoms with Gasteiger partial charge in [0.25, 0.3) is 0 Å². The van der Waals surface area contributed by atoms with Gasteiger partial charge in [0, 0.05) is 79.2 Å². The summed E-state index contributed by atoms with van der Waals surface area (Å²) in [7, 11) is 1.30. The standard InChI is InChI=1S/C30H35ClFN7O5S/c1-16(2)38-13-18(11-23(38)28(40)41)39-14-19-12-36(7-8-37(19)30(39)43)15-22-24(29(42)44-3)25(20-5-4-17(32)10-21(20)31)35-26(34-22)27-33-6-9-45-27/h4-6,9-10,16,18-19,23,25H,7-8,11-15H2,1-3H3,(H,34,35)(H,40,41)/t18-,19-,23-,25-/m0/s1. The van der Waals surface area contributed by atoms with Gasteiger partial charge in [-0.15, -0.1) is 11.3 Å². The maximum absolute atomic E-state index is 14.0. The summed E-state index contributed by atoms with van der Waals surface area (Å²) in [6.07, 6.45) is 2.06. The first-order chi connectivity index (χ1) is 21.5. The van der Waals surface area contributed by atoms with E-state index in [1.165, 1.54) is 36.6 Å². The van der Waals surface area contributed by atoms with Crippen molar-refractivity contribution < 1.29 is 28.6 Å². The molecule has 45 heavy (non-hydrogen) atoms.